The topological polar surface area (TPSA) is 70.1 Å². The molecule has 9 heteroatoms. The summed E-state index contributed by atoms with van der Waals surface area (Å²) in [7, 11) is 0. The monoisotopic (exact) mass is 508 g/mol. The number of carboxylic acids is 1. The second kappa shape index (κ2) is 11.0. The van der Waals surface area contributed by atoms with Crippen molar-refractivity contribution in [1.82, 2.24) is 9.80 Å². The molecule has 0 saturated carbocycles. The summed E-state index contributed by atoms with van der Waals surface area (Å²) in [4.78, 5) is 29.2. The van der Waals surface area contributed by atoms with Crippen molar-refractivity contribution in [3.8, 4) is 5.75 Å². The van der Waals surface area contributed by atoms with Crippen molar-refractivity contribution in [3.05, 3.63) is 58.9 Å². The molecular formula is C25H30ClFN2O4S. The Hall–Kier alpha value is -2.29. The van der Waals surface area contributed by atoms with Crippen LogP contribution in [0.5, 0.6) is 5.75 Å². The first-order valence-corrected chi connectivity index (χ1v) is 12.3. The molecule has 1 saturated heterocycles. The van der Waals surface area contributed by atoms with E-state index in [1.54, 1.807) is 44.2 Å². The lowest BCUT2D eigenvalue weighted by molar-refractivity contribution is -0.140. The molecule has 2 atom stereocenters. The second-order valence-electron chi connectivity index (χ2n) is 9.10. The van der Waals surface area contributed by atoms with Gasteiger partial charge in [-0.3, -0.25) is 14.5 Å². The molecule has 0 radical (unpaired) electrons. The van der Waals surface area contributed by atoms with Gasteiger partial charge in [-0.1, -0.05) is 23.7 Å². The van der Waals surface area contributed by atoms with Crippen molar-refractivity contribution >= 4 is 35.2 Å². The number of ether oxygens (including phenoxy) is 1. The van der Waals surface area contributed by atoms with Gasteiger partial charge in [-0.2, -0.15) is 0 Å². The Kier molecular flexibility index (Phi) is 8.49. The van der Waals surface area contributed by atoms with Gasteiger partial charge < -0.3 is 14.7 Å². The average Bonchev–Trinajstić information content (AvgIpc) is 2.76. The summed E-state index contributed by atoms with van der Waals surface area (Å²) in [6.07, 6.45) is 0. The standard InChI is InChI=1S/C25H30ClFN2O4S/c1-16-13-29(17(2)12-28(16)14-18-5-8-20(27)9-6-18)23(30)15-33-21-10-7-19(26)11-22(21)34-25(3,4)24(31)32/h5-11,16-17H,12-15H2,1-4H3,(H,31,32). The van der Waals surface area contributed by atoms with Crippen LogP contribution < -0.4 is 4.74 Å². The highest BCUT2D eigenvalue weighted by molar-refractivity contribution is 8.01. The molecular weight excluding hydrogens is 479 g/mol. The Balaban J connectivity index is 1.62. The van der Waals surface area contributed by atoms with Crippen LogP contribution in [-0.4, -0.2) is 63.3 Å². The minimum absolute atomic E-state index is 0.0160. The highest BCUT2D eigenvalue weighted by Crippen LogP contribution is 2.40. The molecule has 1 fully saturated rings. The third-order valence-electron chi connectivity index (χ3n) is 5.87. The summed E-state index contributed by atoms with van der Waals surface area (Å²) in [5.41, 5.74) is 1.03. The second-order valence-corrected chi connectivity index (χ2v) is 11.2. The van der Waals surface area contributed by atoms with Crippen LogP contribution in [0.25, 0.3) is 0 Å². The number of rotatable bonds is 8. The largest absolute Gasteiger partial charge is 0.483 e. The van der Waals surface area contributed by atoms with E-state index in [0.29, 0.717) is 35.3 Å². The number of nitrogens with zero attached hydrogens (tertiary/aromatic N) is 2. The summed E-state index contributed by atoms with van der Waals surface area (Å²) >= 11 is 7.23. The fraction of sp³-hybridized carbons (Fsp3) is 0.440. The average molecular weight is 509 g/mol. The molecule has 1 heterocycles. The van der Waals surface area contributed by atoms with Gasteiger partial charge in [-0.05, 0) is 63.6 Å². The Morgan fingerprint density at radius 1 is 1.15 bits per heavy atom. The molecule has 3 rings (SSSR count). The van der Waals surface area contributed by atoms with Crippen LogP contribution in [0.2, 0.25) is 5.02 Å². The molecule has 2 aromatic carbocycles. The number of carboxylic acid groups (broad SMARTS) is 1. The summed E-state index contributed by atoms with van der Waals surface area (Å²) < 4.78 is 17.9. The smallest absolute Gasteiger partial charge is 0.319 e. The Bertz CT molecular complexity index is 1030. The van der Waals surface area contributed by atoms with Gasteiger partial charge in [0.2, 0.25) is 0 Å². The first-order valence-electron chi connectivity index (χ1n) is 11.1. The quantitative estimate of drug-likeness (QED) is 0.510. The number of amides is 1. The van der Waals surface area contributed by atoms with Gasteiger partial charge in [0.1, 0.15) is 16.3 Å². The molecule has 34 heavy (non-hydrogen) atoms. The van der Waals surface area contributed by atoms with Crippen LogP contribution in [0.1, 0.15) is 33.3 Å². The molecule has 1 N–H and O–H groups in total. The van der Waals surface area contributed by atoms with Crippen LogP contribution in [0, 0.1) is 5.82 Å². The van der Waals surface area contributed by atoms with E-state index in [9.17, 15) is 19.1 Å². The Morgan fingerprint density at radius 2 is 1.82 bits per heavy atom. The maximum absolute atomic E-state index is 13.2. The van der Waals surface area contributed by atoms with E-state index in [2.05, 4.69) is 11.8 Å². The number of hydrogen-bond acceptors (Lipinski definition) is 5. The third-order valence-corrected chi connectivity index (χ3v) is 7.33. The van der Waals surface area contributed by atoms with Gasteiger partial charge in [0.15, 0.2) is 6.61 Å². The van der Waals surface area contributed by atoms with Gasteiger partial charge in [-0.25, -0.2) is 4.39 Å². The Labute approximate surface area is 209 Å². The number of aliphatic carboxylic acids is 1. The van der Waals surface area contributed by atoms with E-state index in [1.165, 1.54) is 12.1 Å². The molecule has 0 aliphatic carbocycles. The van der Waals surface area contributed by atoms with Gasteiger partial charge in [-0.15, -0.1) is 11.8 Å². The fourth-order valence-electron chi connectivity index (χ4n) is 3.81. The third kappa shape index (κ3) is 6.64. The summed E-state index contributed by atoms with van der Waals surface area (Å²) in [6.45, 7) is 9.05. The maximum Gasteiger partial charge on any atom is 0.319 e. The normalized spacial score (nSPS) is 19.2. The molecule has 2 aromatic rings. The molecule has 1 aliphatic heterocycles. The fourth-order valence-corrected chi connectivity index (χ4v) is 5.10. The van der Waals surface area contributed by atoms with Crippen molar-refractivity contribution in [3.63, 3.8) is 0 Å². The Morgan fingerprint density at radius 3 is 2.47 bits per heavy atom. The molecule has 0 bridgehead atoms. The van der Waals surface area contributed by atoms with Gasteiger partial charge in [0.05, 0.1) is 4.90 Å². The van der Waals surface area contributed by atoms with Gasteiger partial charge in [0, 0.05) is 36.7 Å². The number of carbonyl (C=O) groups is 2. The molecule has 184 valence electrons. The number of carbonyl (C=O) groups excluding carboxylic acids is 1. The zero-order valence-electron chi connectivity index (χ0n) is 19.8. The molecule has 0 aromatic heterocycles. The van der Waals surface area contributed by atoms with E-state index < -0.39 is 10.7 Å². The van der Waals surface area contributed by atoms with Crippen molar-refractivity contribution < 1.29 is 23.8 Å². The predicted octanol–water partition coefficient (Wildman–Crippen LogP) is 4.93. The number of hydrogen-bond donors (Lipinski definition) is 1. The SMILES string of the molecule is CC1CN(C(=O)COc2ccc(Cl)cc2SC(C)(C)C(=O)O)C(C)CN1Cc1ccc(F)cc1. The molecule has 1 aliphatic rings. The minimum atomic E-state index is -1.09. The number of thioether (sulfide) groups is 1. The molecule has 2 unspecified atom stereocenters. The first kappa shape index (κ1) is 26.3. The lowest BCUT2D eigenvalue weighted by atomic mass is 10.1. The number of halogens is 2. The van der Waals surface area contributed by atoms with Crippen LogP contribution in [0.15, 0.2) is 47.4 Å². The van der Waals surface area contributed by atoms with Crippen molar-refractivity contribution in [2.45, 2.75) is 56.0 Å². The van der Waals surface area contributed by atoms with Crippen LogP contribution in [-0.2, 0) is 16.1 Å². The van der Waals surface area contributed by atoms with E-state index in [0.717, 1.165) is 17.3 Å². The highest BCUT2D eigenvalue weighted by Gasteiger charge is 2.33. The number of piperazine rings is 1. The summed E-state index contributed by atoms with van der Waals surface area (Å²) in [5, 5.41) is 9.92. The zero-order valence-corrected chi connectivity index (χ0v) is 21.3. The van der Waals surface area contributed by atoms with E-state index in [-0.39, 0.29) is 30.4 Å². The summed E-state index contributed by atoms with van der Waals surface area (Å²) in [6, 6.07) is 11.6. The maximum atomic E-state index is 13.2. The van der Waals surface area contributed by atoms with Crippen molar-refractivity contribution in [1.29, 1.82) is 0 Å². The van der Waals surface area contributed by atoms with Crippen LogP contribution in [0.3, 0.4) is 0 Å². The first-order chi connectivity index (χ1) is 16.0. The molecule has 6 nitrogen and oxygen atoms in total. The summed E-state index contributed by atoms with van der Waals surface area (Å²) in [5.74, 6) is -0.924. The lowest BCUT2D eigenvalue weighted by Crippen LogP contribution is -2.58. The highest BCUT2D eigenvalue weighted by atomic mass is 35.5. The predicted molar refractivity (Wildman–Crippen MR) is 132 cm³/mol. The van der Waals surface area contributed by atoms with E-state index in [4.69, 9.17) is 16.3 Å². The van der Waals surface area contributed by atoms with E-state index in [1.807, 2.05) is 11.8 Å². The van der Waals surface area contributed by atoms with Gasteiger partial charge >= 0.3 is 5.97 Å². The van der Waals surface area contributed by atoms with Crippen molar-refractivity contribution in [2.24, 2.45) is 0 Å². The lowest BCUT2D eigenvalue weighted by Gasteiger charge is -2.44. The van der Waals surface area contributed by atoms with E-state index >= 15 is 0 Å². The van der Waals surface area contributed by atoms with Crippen molar-refractivity contribution in [2.75, 3.05) is 19.7 Å². The molecule has 1 amide bonds. The van der Waals surface area contributed by atoms with Crippen LogP contribution >= 0.6 is 23.4 Å². The minimum Gasteiger partial charge on any atom is -0.483 e. The molecule has 0 spiro atoms. The number of benzene rings is 2. The van der Waals surface area contributed by atoms with Gasteiger partial charge in [0.25, 0.3) is 5.91 Å². The van der Waals surface area contributed by atoms with Crippen LogP contribution in [0.4, 0.5) is 4.39 Å². The zero-order chi connectivity index (χ0) is 25.0.